The van der Waals surface area contributed by atoms with Crippen molar-refractivity contribution in [3.05, 3.63) is 89.5 Å². The molecule has 2 aliphatic heterocycles. The van der Waals surface area contributed by atoms with Crippen molar-refractivity contribution >= 4 is 20.0 Å². The van der Waals surface area contributed by atoms with Crippen LogP contribution < -0.4 is 11.1 Å². The van der Waals surface area contributed by atoms with Crippen molar-refractivity contribution < 1.29 is 16.8 Å². The van der Waals surface area contributed by atoms with Crippen molar-refractivity contribution in [1.82, 2.24) is 23.5 Å². The van der Waals surface area contributed by atoms with E-state index < -0.39 is 20.0 Å². The lowest BCUT2D eigenvalue weighted by molar-refractivity contribution is 0.392. The molecule has 0 bridgehead atoms. The molecule has 2 aliphatic rings. The summed E-state index contributed by atoms with van der Waals surface area (Å²) in [5, 5.41) is 3.43. The highest BCUT2D eigenvalue weighted by Gasteiger charge is 2.26. The Morgan fingerprint density at radius 2 is 1.30 bits per heavy atom. The minimum atomic E-state index is -3.14. The molecule has 3 heterocycles. The molecule has 1 aromatic heterocycles. The smallest absolute Gasteiger partial charge is 0.211 e. The van der Waals surface area contributed by atoms with Crippen LogP contribution in [-0.2, 0) is 40.2 Å². The maximum absolute atomic E-state index is 11.7. The van der Waals surface area contributed by atoms with Crippen LogP contribution in [0, 0.1) is 0 Å². The molecular weight excluding hydrogens is 597 g/mol. The predicted octanol–water partition coefficient (Wildman–Crippen LogP) is 4.83. The molecule has 0 saturated heterocycles. The Bertz CT molecular complexity index is 1430. The number of fused-ring (bicyclic) bond motifs is 2. The van der Waals surface area contributed by atoms with Crippen molar-refractivity contribution in [2.45, 2.75) is 72.6 Å². The summed E-state index contributed by atoms with van der Waals surface area (Å²) < 4.78 is 51.5. The molecular formula is C32H54N6O4S2. The molecule has 2 aromatic carbocycles. The molecule has 0 radical (unpaired) electrons. The summed E-state index contributed by atoms with van der Waals surface area (Å²) in [5.74, 6) is 0. The zero-order valence-electron chi connectivity index (χ0n) is 27.8. The van der Waals surface area contributed by atoms with Crippen molar-refractivity contribution in [3.8, 4) is 0 Å². The fourth-order valence-corrected chi connectivity index (χ4v) is 6.43. The lowest BCUT2D eigenvalue weighted by Gasteiger charge is -2.18. The van der Waals surface area contributed by atoms with Crippen LogP contribution >= 0.6 is 0 Å². The van der Waals surface area contributed by atoms with Gasteiger partial charge in [-0.05, 0) is 41.6 Å². The van der Waals surface area contributed by atoms with E-state index in [2.05, 4.69) is 23.3 Å². The number of rotatable bonds is 4. The number of benzene rings is 2. The highest BCUT2D eigenvalue weighted by atomic mass is 32.2. The summed E-state index contributed by atoms with van der Waals surface area (Å²) in [6.07, 6.45) is 9.40. The highest BCUT2D eigenvalue weighted by molar-refractivity contribution is 7.88. The summed E-state index contributed by atoms with van der Waals surface area (Å²) in [6.45, 7) is 12.9. The summed E-state index contributed by atoms with van der Waals surface area (Å²) in [4.78, 5) is 3.78. The van der Waals surface area contributed by atoms with Gasteiger partial charge in [0, 0.05) is 57.7 Å². The average Bonchev–Trinajstić information content (AvgIpc) is 3.31. The minimum absolute atomic E-state index is 0.0667. The first-order chi connectivity index (χ1) is 20.9. The molecule has 3 aromatic rings. The number of imidazole rings is 1. The standard InChI is InChI=1S/C13H20N2O2S.C11H16N2O2S.C4H6N2.2C2H6/c1-3-14-13-8-9-15(18(2,16)17)10-11-6-4-5-7-12(11)13;1-16(14,15)13-7-6-11(12)10-5-3-2-4-9(10)8-13;1-6-3-2-5-4-6;2*1-2/h4-7,13-14H,3,8-10H2,1-2H3;2-5,11H,6-8,12H2,1H3;2-4H,1H3;2*1-2H3. The SMILES string of the molecule is CC.CC.CCNC1CCN(S(C)(=O)=O)Cc2ccccc21.CS(=O)(=O)N1CCC(N)c2ccccc2C1.Cn1ccnc1. The van der Waals surface area contributed by atoms with Gasteiger partial charge in [0.05, 0.1) is 18.8 Å². The molecule has 0 aliphatic carbocycles. The van der Waals surface area contributed by atoms with E-state index in [-0.39, 0.29) is 12.1 Å². The minimum Gasteiger partial charge on any atom is -0.341 e. The van der Waals surface area contributed by atoms with E-state index in [9.17, 15) is 16.8 Å². The van der Waals surface area contributed by atoms with Crippen LogP contribution in [-0.4, -0.2) is 67.1 Å². The first-order valence-corrected chi connectivity index (χ1v) is 19.1. The van der Waals surface area contributed by atoms with Crippen LogP contribution in [0.5, 0.6) is 0 Å². The Morgan fingerprint density at radius 1 is 0.818 bits per heavy atom. The molecule has 12 heteroatoms. The fraction of sp³-hybridized carbons (Fsp3) is 0.531. The van der Waals surface area contributed by atoms with E-state index in [1.54, 1.807) is 16.8 Å². The Balaban J connectivity index is 0.000000340. The molecule has 0 saturated carbocycles. The zero-order chi connectivity index (χ0) is 33.3. The highest BCUT2D eigenvalue weighted by Crippen LogP contribution is 2.28. The van der Waals surface area contributed by atoms with E-state index in [1.165, 1.54) is 22.4 Å². The van der Waals surface area contributed by atoms with Crippen molar-refractivity contribution in [3.63, 3.8) is 0 Å². The average molecular weight is 651 g/mol. The van der Waals surface area contributed by atoms with Gasteiger partial charge in [-0.15, -0.1) is 0 Å². The predicted molar refractivity (Wildman–Crippen MR) is 182 cm³/mol. The van der Waals surface area contributed by atoms with Crippen LogP contribution in [0.15, 0.2) is 67.3 Å². The fourth-order valence-electron chi connectivity index (χ4n) is 4.81. The lowest BCUT2D eigenvalue weighted by atomic mass is 9.99. The van der Waals surface area contributed by atoms with E-state index in [0.29, 0.717) is 32.6 Å². The first kappa shape index (κ1) is 39.4. The van der Waals surface area contributed by atoms with Gasteiger partial charge in [-0.25, -0.2) is 21.8 Å². The molecule has 2 atom stereocenters. The van der Waals surface area contributed by atoms with Crippen LogP contribution in [0.1, 0.15) is 81.8 Å². The summed E-state index contributed by atoms with van der Waals surface area (Å²) in [7, 11) is -4.32. The Labute approximate surface area is 266 Å². The molecule has 248 valence electrons. The molecule has 2 unspecified atom stereocenters. The summed E-state index contributed by atoms with van der Waals surface area (Å²) in [6, 6.07) is 16.0. The number of aromatic nitrogens is 2. The van der Waals surface area contributed by atoms with Gasteiger partial charge in [0.2, 0.25) is 20.0 Å². The van der Waals surface area contributed by atoms with Gasteiger partial charge in [0.25, 0.3) is 0 Å². The van der Waals surface area contributed by atoms with Crippen LogP contribution in [0.3, 0.4) is 0 Å². The first-order valence-electron chi connectivity index (χ1n) is 15.4. The normalized spacial score (nSPS) is 18.4. The monoisotopic (exact) mass is 650 g/mol. The third kappa shape index (κ3) is 12.8. The molecule has 3 N–H and O–H groups in total. The quantitative estimate of drug-likeness (QED) is 0.414. The van der Waals surface area contributed by atoms with Crippen molar-refractivity contribution in [2.24, 2.45) is 12.8 Å². The van der Waals surface area contributed by atoms with Gasteiger partial charge in [-0.3, -0.25) is 0 Å². The number of nitrogens with one attached hydrogen (secondary N) is 1. The second kappa shape index (κ2) is 19.7. The number of hydrogen-bond acceptors (Lipinski definition) is 7. The number of hydrogen-bond donors (Lipinski definition) is 2. The number of sulfonamides is 2. The van der Waals surface area contributed by atoms with Gasteiger partial charge in [0.1, 0.15) is 0 Å². The molecule has 0 amide bonds. The molecule has 44 heavy (non-hydrogen) atoms. The van der Waals surface area contributed by atoms with Gasteiger partial charge >= 0.3 is 0 Å². The summed E-state index contributed by atoms with van der Waals surface area (Å²) in [5.41, 5.74) is 10.4. The summed E-state index contributed by atoms with van der Waals surface area (Å²) >= 11 is 0. The van der Waals surface area contributed by atoms with E-state index in [0.717, 1.165) is 29.7 Å². The molecule has 0 fully saturated rings. The van der Waals surface area contributed by atoms with Crippen LogP contribution in [0.4, 0.5) is 0 Å². The third-order valence-electron chi connectivity index (χ3n) is 6.96. The van der Waals surface area contributed by atoms with Gasteiger partial charge in [-0.1, -0.05) is 83.1 Å². The van der Waals surface area contributed by atoms with Crippen molar-refractivity contribution in [1.29, 1.82) is 0 Å². The van der Waals surface area contributed by atoms with Gasteiger partial charge in [0.15, 0.2) is 0 Å². The topological polar surface area (TPSA) is 131 Å². The Morgan fingerprint density at radius 3 is 1.73 bits per heavy atom. The van der Waals surface area contributed by atoms with Crippen molar-refractivity contribution in [2.75, 3.05) is 32.1 Å². The number of nitrogens with two attached hydrogens (primary N) is 1. The van der Waals surface area contributed by atoms with E-state index in [4.69, 9.17) is 5.73 Å². The maximum Gasteiger partial charge on any atom is 0.211 e. The molecule has 0 spiro atoms. The zero-order valence-corrected chi connectivity index (χ0v) is 29.4. The number of aryl methyl sites for hydroxylation is 1. The maximum atomic E-state index is 11.7. The molecule has 10 nitrogen and oxygen atoms in total. The second-order valence-electron chi connectivity index (χ2n) is 10.1. The van der Waals surface area contributed by atoms with Crippen LogP contribution in [0.25, 0.3) is 0 Å². The second-order valence-corrected chi connectivity index (χ2v) is 14.1. The van der Waals surface area contributed by atoms with E-state index >= 15 is 0 Å². The third-order valence-corrected chi connectivity index (χ3v) is 9.46. The largest absolute Gasteiger partial charge is 0.341 e. The lowest BCUT2D eigenvalue weighted by Crippen LogP contribution is -2.30. The van der Waals surface area contributed by atoms with Gasteiger partial charge < -0.3 is 15.6 Å². The Kier molecular flexibility index (Phi) is 17.7. The molecule has 5 rings (SSSR count). The Hall–Kier alpha value is -2.61. The number of nitrogens with zero attached hydrogens (tertiary/aromatic N) is 4. The van der Waals surface area contributed by atoms with E-state index in [1.807, 2.05) is 88.0 Å². The van der Waals surface area contributed by atoms with Crippen LogP contribution in [0.2, 0.25) is 0 Å². The van der Waals surface area contributed by atoms with Gasteiger partial charge in [-0.2, -0.15) is 8.61 Å².